The van der Waals surface area contributed by atoms with Gasteiger partial charge in [-0.15, -0.1) is 0 Å². The van der Waals surface area contributed by atoms with Crippen LogP contribution in [0.2, 0.25) is 0 Å². The number of amides is 1. The van der Waals surface area contributed by atoms with Crippen molar-refractivity contribution in [2.24, 2.45) is 0 Å². The molecule has 1 aromatic heterocycles. The predicted octanol–water partition coefficient (Wildman–Crippen LogP) is 4.38. The van der Waals surface area contributed by atoms with Gasteiger partial charge in [-0.2, -0.15) is 13.2 Å². The molecule has 1 heterocycles. The zero-order valence-electron chi connectivity index (χ0n) is 15.8. The second kappa shape index (κ2) is 7.85. The lowest BCUT2D eigenvalue weighted by Gasteiger charge is -2.26. The second-order valence-electron chi connectivity index (χ2n) is 7.13. The van der Waals surface area contributed by atoms with Crippen LogP contribution in [0.4, 0.5) is 13.2 Å². The number of nitrogens with one attached hydrogen (secondary N) is 1. The van der Waals surface area contributed by atoms with Crippen molar-refractivity contribution in [2.45, 2.75) is 31.5 Å². The summed E-state index contributed by atoms with van der Waals surface area (Å²) in [6.45, 7) is -0.312. The van der Waals surface area contributed by atoms with Crippen molar-refractivity contribution in [2.75, 3.05) is 6.61 Å². The molecular weight excluding hydrogens is 399 g/mol. The van der Waals surface area contributed by atoms with Gasteiger partial charge in [0, 0.05) is 17.5 Å². The predicted molar refractivity (Wildman–Crippen MR) is 103 cm³/mol. The molecule has 8 heteroatoms. The van der Waals surface area contributed by atoms with E-state index < -0.39 is 17.4 Å². The van der Waals surface area contributed by atoms with Crippen molar-refractivity contribution in [1.82, 2.24) is 5.32 Å². The van der Waals surface area contributed by atoms with Crippen LogP contribution in [0.3, 0.4) is 0 Å². The van der Waals surface area contributed by atoms with Gasteiger partial charge in [-0.3, -0.25) is 4.79 Å². The Bertz CT molecular complexity index is 1150. The zero-order valence-corrected chi connectivity index (χ0v) is 15.8. The molecule has 1 N–H and O–H groups in total. The molecule has 156 valence electrons. The van der Waals surface area contributed by atoms with Gasteiger partial charge in [0.15, 0.2) is 6.61 Å². The Kier molecular flexibility index (Phi) is 5.24. The van der Waals surface area contributed by atoms with Crippen LogP contribution in [0.5, 0.6) is 5.75 Å². The van der Waals surface area contributed by atoms with Gasteiger partial charge in [0.2, 0.25) is 0 Å². The number of alkyl halides is 3. The lowest BCUT2D eigenvalue weighted by molar-refractivity contribution is -0.136. The Morgan fingerprint density at radius 3 is 2.77 bits per heavy atom. The molecule has 1 aliphatic carbocycles. The standard InChI is InChI=1S/C22H18F3NO4/c23-22(24,25)17-11-21(28)30-19-10-14(8-9-16(17)19)29-12-20(27)26-18-7-3-5-13-4-1-2-6-15(13)18/h1-2,4,6,8-11,18H,3,5,7,12H2,(H,26,27). The molecule has 3 aromatic rings. The number of benzene rings is 2. The third kappa shape index (κ3) is 4.17. The largest absolute Gasteiger partial charge is 0.484 e. The fourth-order valence-corrected chi connectivity index (χ4v) is 3.76. The van der Waals surface area contributed by atoms with Crippen LogP contribution in [0, 0.1) is 0 Å². The minimum absolute atomic E-state index is 0.102. The lowest BCUT2D eigenvalue weighted by atomic mass is 9.88. The quantitative estimate of drug-likeness (QED) is 0.640. The van der Waals surface area contributed by atoms with E-state index in [1.807, 2.05) is 24.3 Å². The van der Waals surface area contributed by atoms with Crippen LogP contribution < -0.4 is 15.7 Å². The molecular formula is C22H18F3NO4. The van der Waals surface area contributed by atoms with Gasteiger partial charge in [-0.25, -0.2) is 4.79 Å². The summed E-state index contributed by atoms with van der Waals surface area (Å²) in [6, 6.07) is 11.9. The van der Waals surface area contributed by atoms with Crippen molar-refractivity contribution >= 4 is 16.9 Å². The van der Waals surface area contributed by atoms with Crippen LogP contribution in [-0.4, -0.2) is 12.5 Å². The first kappa shape index (κ1) is 20.0. The summed E-state index contributed by atoms with van der Waals surface area (Å²) in [7, 11) is 0. The third-order valence-electron chi connectivity index (χ3n) is 5.10. The van der Waals surface area contributed by atoms with Gasteiger partial charge in [-0.1, -0.05) is 24.3 Å². The van der Waals surface area contributed by atoms with Crippen LogP contribution in [0.15, 0.2) is 57.7 Å². The summed E-state index contributed by atoms with van der Waals surface area (Å²) >= 11 is 0. The van der Waals surface area contributed by atoms with Gasteiger partial charge < -0.3 is 14.5 Å². The van der Waals surface area contributed by atoms with Gasteiger partial charge in [0.1, 0.15) is 11.3 Å². The van der Waals surface area contributed by atoms with Crippen molar-refractivity contribution in [3.05, 3.63) is 75.6 Å². The van der Waals surface area contributed by atoms with E-state index in [4.69, 9.17) is 9.15 Å². The number of halogens is 3. The molecule has 5 nitrogen and oxygen atoms in total. The van der Waals surface area contributed by atoms with Gasteiger partial charge in [-0.05, 0) is 42.5 Å². The topological polar surface area (TPSA) is 68.5 Å². The Morgan fingerprint density at radius 2 is 1.97 bits per heavy atom. The average molecular weight is 417 g/mol. The van der Waals surface area contributed by atoms with Gasteiger partial charge >= 0.3 is 11.8 Å². The molecule has 1 atom stereocenters. The van der Waals surface area contributed by atoms with E-state index in [2.05, 4.69) is 5.32 Å². The Hall–Kier alpha value is -3.29. The minimum Gasteiger partial charge on any atom is -0.484 e. The highest BCUT2D eigenvalue weighted by Gasteiger charge is 2.34. The molecule has 1 amide bonds. The number of fused-ring (bicyclic) bond motifs is 2. The summed E-state index contributed by atoms with van der Waals surface area (Å²) < 4.78 is 49.6. The van der Waals surface area contributed by atoms with E-state index in [1.165, 1.54) is 17.7 Å². The van der Waals surface area contributed by atoms with E-state index in [1.54, 1.807) is 0 Å². The molecule has 0 saturated heterocycles. The van der Waals surface area contributed by atoms with E-state index in [9.17, 15) is 22.8 Å². The fourth-order valence-electron chi connectivity index (χ4n) is 3.76. The summed E-state index contributed by atoms with van der Waals surface area (Å²) in [5, 5.41) is 2.68. The van der Waals surface area contributed by atoms with Gasteiger partial charge in [0.25, 0.3) is 5.91 Å². The van der Waals surface area contributed by atoms with Crippen LogP contribution >= 0.6 is 0 Å². The molecule has 30 heavy (non-hydrogen) atoms. The Labute approximate surface area is 169 Å². The summed E-state index contributed by atoms with van der Waals surface area (Å²) in [6.07, 6.45) is -1.92. The highest BCUT2D eigenvalue weighted by molar-refractivity contribution is 5.82. The molecule has 2 aromatic carbocycles. The third-order valence-corrected chi connectivity index (χ3v) is 5.10. The van der Waals surface area contributed by atoms with Gasteiger partial charge in [0.05, 0.1) is 11.6 Å². The lowest BCUT2D eigenvalue weighted by Crippen LogP contribution is -2.34. The SMILES string of the molecule is O=C(COc1ccc2c(C(F)(F)F)cc(=O)oc2c1)NC1CCCc2ccccc21. The zero-order chi connectivity index (χ0) is 21.3. The van der Waals surface area contributed by atoms with E-state index >= 15 is 0 Å². The summed E-state index contributed by atoms with van der Waals surface area (Å²) in [5.74, 6) is -0.216. The first-order chi connectivity index (χ1) is 14.3. The first-order valence-electron chi connectivity index (χ1n) is 9.46. The van der Waals surface area contributed by atoms with Crippen LogP contribution in [0.25, 0.3) is 11.0 Å². The van der Waals surface area contributed by atoms with Crippen LogP contribution in [0.1, 0.15) is 35.6 Å². The first-order valence-corrected chi connectivity index (χ1v) is 9.46. The molecule has 1 unspecified atom stereocenters. The van der Waals surface area contributed by atoms with E-state index in [0.717, 1.165) is 30.9 Å². The maximum Gasteiger partial charge on any atom is 0.417 e. The molecule has 0 saturated carbocycles. The number of ether oxygens (including phenoxy) is 1. The second-order valence-corrected chi connectivity index (χ2v) is 7.13. The van der Waals surface area contributed by atoms with Crippen molar-refractivity contribution < 1.29 is 27.1 Å². The molecule has 1 aliphatic rings. The Morgan fingerprint density at radius 1 is 1.17 bits per heavy atom. The van der Waals surface area contributed by atoms with Crippen molar-refractivity contribution in [3.8, 4) is 5.75 Å². The molecule has 0 fully saturated rings. The Balaban J connectivity index is 1.46. The number of carbonyl (C=O) groups is 1. The maximum atomic E-state index is 13.1. The van der Waals surface area contributed by atoms with E-state index in [-0.39, 0.29) is 35.3 Å². The van der Waals surface area contributed by atoms with Crippen molar-refractivity contribution in [1.29, 1.82) is 0 Å². The summed E-state index contributed by atoms with van der Waals surface area (Å²) in [4.78, 5) is 23.8. The minimum atomic E-state index is -4.69. The van der Waals surface area contributed by atoms with Crippen LogP contribution in [-0.2, 0) is 17.4 Å². The average Bonchev–Trinajstić information content (AvgIpc) is 2.71. The molecule has 4 rings (SSSR count). The maximum absolute atomic E-state index is 13.1. The highest BCUT2D eigenvalue weighted by atomic mass is 19.4. The number of aryl methyl sites for hydroxylation is 1. The number of hydrogen-bond acceptors (Lipinski definition) is 4. The molecule has 0 aliphatic heterocycles. The molecule has 0 bridgehead atoms. The molecule has 0 spiro atoms. The molecule has 0 radical (unpaired) electrons. The van der Waals surface area contributed by atoms with Crippen molar-refractivity contribution in [3.63, 3.8) is 0 Å². The summed E-state index contributed by atoms with van der Waals surface area (Å²) in [5.41, 5.74) is -0.145. The smallest absolute Gasteiger partial charge is 0.417 e. The fraction of sp³-hybridized carbons (Fsp3) is 0.273. The normalized spacial score (nSPS) is 16.2. The highest BCUT2D eigenvalue weighted by Crippen LogP contribution is 2.35. The van der Waals surface area contributed by atoms with E-state index in [0.29, 0.717) is 6.07 Å². The monoisotopic (exact) mass is 417 g/mol. The number of rotatable bonds is 4. The number of carbonyl (C=O) groups excluding carboxylic acids is 1. The number of hydrogen-bond donors (Lipinski definition) is 1.